The molecule has 0 aliphatic rings. The van der Waals surface area contributed by atoms with Crippen molar-refractivity contribution in [1.29, 1.82) is 0 Å². The Labute approximate surface area is 167 Å². The molecular formula is C16H30IN3O2S2. The third-order valence-corrected chi connectivity index (χ3v) is 7.22. The second-order valence-corrected chi connectivity index (χ2v) is 10.5. The van der Waals surface area contributed by atoms with Crippen LogP contribution in [0.15, 0.2) is 22.5 Å². The monoisotopic (exact) mass is 487 g/mol. The van der Waals surface area contributed by atoms with E-state index < -0.39 is 14.6 Å². The summed E-state index contributed by atoms with van der Waals surface area (Å²) < 4.78 is 22.7. The van der Waals surface area contributed by atoms with Crippen LogP contribution in [-0.4, -0.2) is 45.0 Å². The minimum absolute atomic E-state index is 0. The van der Waals surface area contributed by atoms with Crippen LogP contribution in [0.25, 0.3) is 0 Å². The van der Waals surface area contributed by atoms with Crippen LogP contribution >= 0.6 is 35.3 Å². The van der Waals surface area contributed by atoms with Crippen molar-refractivity contribution in [1.82, 2.24) is 10.6 Å². The molecule has 5 nitrogen and oxygen atoms in total. The van der Waals surface area contributed by atoms with Gasteiger partial charge in [-0.25, -0.2) is 8.42 Å². The summed E-state index contributed by atoms with van der Waals surface area (Å²) >= 11 is 1.74. The molecule has 0 spiro atoms. The van der Waals surface area contributed by atoms with Crippen LogP contribution in [-0.2, 0) is 15.3 Å². The number of guanidine groups is 1. The van der Waals surface area contributed by atoms with Gasteiger partial charge in [-0.1, -0.05) is 19.9 Å². The number of sulfone groups is 1. The Kier molecular flexibility index (Phi) is 9.24. The SMILES string of the molecule is CCNC(=NCC(C)(C)S(C)(=O)=O)NCC(C)(C)c1cccs1.I. The van der Waals surface area contributed by atoms with Crippen molar-refractivity contribution in [2.75, 3.05) is 25.9 Å². The number of halogens is 1. The van der Waals surface area contributed by atoms with Crippen molar-refractivity contribution in [3.8, 4) is 0 Å². The van der Waals surface area contributed by atoms with E-state index in [9.17, 15) is 8.42 Å². The first-order chi connectivity index (χ1) is 10.5. The second kappa shape index (κ2) is 9.38. The highest BCUT2D eigenvalue weighted by molar-refractivity contribution is 14.0. The van der Waals surface area contributed by atoms with Crippen molar-refractivity contribution in [2.45, 2.75) is 44.8 Å². The fraction of sp³-hybridized carbons (Fsp3) is 0.688. The van der Waals surface area contributed by atoms with Gasteiger partial charge in [-0.15, -0.1) is 35.3 Å². The van der Waals surface area contributed by atoms with Crippen LogP contribution in [0.5, 0.6) is 0 Å². The van der Waals surface area contributed by atoms with E-state index in [4.69, 9.17) is 0 Å². The average molecular weight is 487 g/mol. The molecule has 1 aromatic rings. The number of hydrogen-bond donors (Lipinski definition) is 2. The molecule has 0 aliphatic carbocycles. The Morgan fingerprint density at radius 1 is 1.25 bits per heavy atom. The van der Waals surface area contributed by atoms with Gasteiger partial charge in [0, 0.05) is 29.6 Å². The fourth-order valence-electron chi connectivity index (χ4n) is 1.78. The molecule has 1 rings (SSSR count). The lowest BCUT2D eigenvalue weighted by atomic mass is 9.91. The molecule has 0 bridgehead atoms. The zero-order valence-corrected chi connectivity index (χ0v) is 19.3. The quantitative estimate of drug-likeness (QED) is 0.353. The van der Waals surface area contributed by atoms with Crippen molar-refractivity contribution in [3.05, 3.63) is 22.4 Å². The molecule has 0 atom stereocenters. The summed E-state index contributed by atoms with van der Waals surface area (Å²) in [5.74, 6) is 0.647. The molecule has 0 saturated heterocycles. The number of nitrogens with zero attached hydrogens (tertiary/aromatic N) is 1. The van der Waals surface area contributed by atoms with Gasteiger partial charge in [0.2, 0.25) is 0 Å². The zero-order valence-electron chi connectivity index (χ0n) is 15.3. The first kappa shape index (κ1) is 23.6. The minimum atomic E-state index is -3.15. The lowest BCUT2D eigenvalue weighted by Crippen LogP contribution is -2.44. The molecule has 0 fully saturated rings. The lowest BCUT2D eigenvalue weighted by molar-refractivity contribution is 0.517. The first-order valence-corrected chi connectivity index (χ1v) is 10.5. The fourth-order valence-corrected chi connectivity index (χ4v) is 2.94. The Bertz CT molecular complexity index is 624. The molecule has 140 valence electrons. The van der Waals surface area contributed by atoms with Gasteiger partial charge < -0.3 is 10.6 Å². The lowest BCUT2D eigenvalue weighted by Gasteiger charge is -2.26. The van der Waals surface area contributed by atoms with E-state index in [2.05, 4.69) is 47.0 Å². The molecule has 8 heteroatoms. The van der Waals surface area contributed by atoms with Crippen LogP contribution in [0.3, 0.4) is 0 Å². The standard InChI is InChI=1S/C16H29N3O2S2.HI/c1-7-17-14(19-12-16(4,5)23(6,20)21)18-11-15(2,3)13-9-8-10-22-13;/h8-10H,7,11-12H2,1-6H3,(H2,17,18,19);1H. The highest BCUT2D eigenvalue weighted by atomic mass is 127. The summed E-state index contributed by atoms with van der Waals surface area (Å²) in [5, 5.41) is 8.57. The average Bonchev–Trinajstić information content (AvgIpc) is 2.95. The maximum Gasteiger partial charge on any atom is 0.191 e. The molecule has 0 saturated carbocycles. The minimum Gasteiger partial charge on any atom is -0.357 e. The largest absolute Gasteiger partial charge is 0.357 e. The molecule has 1 aromatic heterocycles. The Morgan fingerprint density at radius 2 is 1.88 bits per heavy atom. The van der Waals surface area contributed by atoms with Crippen LogP contribution in [0.2, 0.25) is 0 Å². The van der Waals surface area contributed by atoms with E-state index >= 15 is 0 Å². The van der Waals surface area contributed by atoms with Crippen molar-refractivity contribution < 1.29 is 8.42 Å². The van der Waals surface area contributed by atoms with Gasteiger partial charge in [-0.05, 0) is 32.2 Å². The van der Waals surface area contributed by atoms with Crippen LogP contribution in [0.4, 0.5) is 0 Å². The zero-order chi connectivity index (χ0) is 17.7. The van der Waals surface area contributed by atoms with Crippen LogP contribution < -0.4 is 10.6 Å². The van der Waals surface area contributed by atoms with Gasteiger partial charge >= 0.3 is 0 Å². The third kappa shape index (κ3) is 6.87. The Balaban J connectivity index is 0.00000529. The smallest absolute Gasteiger partial charge is 0.191 e. The van der Waals surface area contributed by atoms with E-state index in [-0.39, 0.29) is 35.9 Å². The highest BCUT2D eigenvalue weighted by Crippen LogP contribution is 2.26. The molecule has 0 aliphatic heterocycles. The summed E-state index contributed by atoms with van der Waals surface area (Å²) in [5.41, 5.74) is -0.0172. The van der Waals surface area contributed by atoms with E-state index in [1.807, 2.05) is 6.92 Å². The van der Waals surface area contributed by atoms with Gasteiger partial charge in [0.25, 0.3) is 0 Å². The molecule has 24 heavy (non-hydrogen) atoms. The maximum atomic E-state index is 11.8. The maximum absolute atomic E-state index is 11.8. The number of thiophene rings is 1. The highest BCUT2D eigenvalue weighted by Gasteiger charge is 2.30. The Hall–Kier alpha value is -0.350. The molecular weight excluding hydrogens is 457 g/mol. The van der Waals surface area contributed by atoms with Gasteiger partial charge in [-0.2, -0.15) is 0 Å². The molecule has 0 aromatic carbocycles. The van der Waals surface area contributed by atoms with Gasteiger partial charge in [0.1, 0.15) is 0 Å². The molecule has 2 N–H and O–H groups in total. The molecule has 0 radical (unpaired) electrons. The predicted octanol–water partition coefficient (Wildman–Crippen LogP) is 3.02. The number of nitrogens with one attached hydrogen (secondary N) is 2. The summed E-state index contributed by atoms with van der Waals surface area (Å²) in [6.45, 7) is 11.4. The normalized spacial score (nSPS) is 13.3. The van der Waals surface area contributed by atoms with E-state index in [1.54, 1.807) is 25.2 Å². The predicted molar refractivity (Wildman–Crippen MR) is 116 cm³/mol. The molecule has 0 unspecified atom stereocenters. The van der Waals surface area contributed by atoms with Crippen LogP contribution in [0.1, 0.15) is 39.5 Å². The number of hydrogen-bond acceptors (Lipinski definition) is 4. The number of aliphatic imine (C=N–C) groups is 1. The molecule has 1 heterocycles. The van der Waals surface area contributed by atoms with Crippen molar-refractivity contribution >= 4 is 51.1 Å². The van der Waals surface area contributed by atoms with E-state index in [1.165, 1.54) is 11.1 Å². The summed E-state index contributed by atoms with van der Waals surface area (Å²) in [6, 6.07) is 4.18. The third-order valence-electron chi connectivity index (χ3n) is 3.85. The van der Waals surface area contributed by atoms with Crippen LogP contribution in [0, 0.1) is 0 Å². The Morgan fingerprint density at radius 3 is 2.33 bits per heavy atom. The second-order valence-electron chi connectivity index (χ2n) is 6.94. The summed E-state index contributed by atoms with van der Waals surface area (Å²) in [7, 11) is -3.15. The van der Waals surface area contributed by atoms with E-state index in [0.717, 1.165) is 13.1 Å². The molecule has 0 amide bonds. The van der Waals surface area contributed by atoms with Crippen molar-refractivity contribution in [2.24, 2.45) is 4.99 Å². The van der Waals surface area contributed by atoms with Gasteiger partial charge in [-0.3, -0.25) is 4.99 Å². The van der Waals surface area contributed by atoms with Gasteiger partial charge in [0.15, 0.2) is 15.8 Å². The van der Waals surface area contributed by atoms with Gasteiger partial charge in [0.05, 0.1) is 11.3 Å². The summed E-state index contributed by atoms with van der Waals surface area (Å²) in [4.78, 5) is 5.76. The summed E-state index contributed by atoms with van der Waals surface area (Å²) in [6.07, 6.45) is 1.25. The number of rotatable bonds is 7. The van der Waals surface area contributed by atoms with E-state index in [0.29, 0.717) is 5.96 Å². The first-order valence-electron chi connectivity index (χ1n) is 7.75. The topological polar surface area (TPSA) is 70.6 Å². The van der Waals surface area contributed by atoms with Crippen molar-refractivity contribution in [3.63, 3.8) is 0 Å².